The second-order valence-corrected chi connectivity index (χ2v) is 4.99. The lowest BCUT2D eigenvalue weighted by Crippen LogP contribution is -2.43. The second kappa shape index (κ2) is 4.70. The maximum absolute atomic E-state index is 12.2. The summed E-state index contributed by atoms with van der Waals surface area (Å²) in [6, 6.07) is 4.88. The SMILES string of the molecule is CCCCC1(c2ccc3c(c2)OCO3)NC(=O)NC1=O. The number of imide groups is 1. The van der Waals surface area contributed by atoms with Crippen LogP contribution in [-0.2, 0) is 10.3 Å². The molecule has 2 N–H and O–H groups in total. The molecule has 2 aliphatic rings. The molecule has 20 heavy (non-hydrogen) atoms. The van der Waals surface area contributed by atoms with E-state index in [2.05, 4.69) is 10.6 Å². The summed E-state index contributed by atoms with van der Waals surface area (Å²) < 4.78 is 10.6. The van der Waals surface area contributed by atoms with Crippen LogP contribution < -0.4 is 20.1 Å². The van der Waals surface area contributed by atoms with Crippen molar-refractivity contribution in [2.45, 2.75) is 31.7 Å². The maximum atomic E-state index is 12.2. The Kier molecular flexibility index (Phi) is 3.00. The Hall–Kier alpha value is -2.24. The molecule has 0 spiro atoms. The van der Waals surface area contributed by atoms with Crippen molar-refractivity contribution in [3.63, 3.8) is 0 Å². The summed E-state index contributed by atoms with van der Waals surface area (Å²) in [5, 5.41) is 5.09. The molecule has 0 radical (unpaired) electrons. The number of hydrogen-bond donors (Lipinski definition) is 2. The number of rotatable bonds is 4. The number of hydrogen-bond acceptors (Lipinski definition) is 4. The Morgan fingerprint density at radius 1 is 1.25 bits per heavy atom. The van der Waals surface area contributed by atoms with Gasteiger partial charge in [-0.15, -0.1) is 0 Å². The minimum absolute atomic E-state index is 0.180. The van der Waals surface area contributed by atoms with Crippen molar-refractivity contribution in [2.75, 3.05) is 6.79 Å². The van der Waals surface area contributed by atoms with E-state index in [1.54, 1.807) is 18.2 Å². The van der Waals surface area contributed by atoms with Gasteiger partial charge in [0, 0.05) is 0 Å². The van der Waals surface area contributed by atoms with Gasteiger partial charge in [0.25, 0.3) is 5.91 Å². The fourth-order valence-electron chi connectivity index (χ4n) is 2.62. The molecule has 3 amide bonds. The molecule has 1 atom stereocenters. The highest BCUT2D eigenvalue weighted by atomic mass is 16.7. The molecule has 3 rings (SSSR count). The van der Waals surface area contributed by atoms with Crippen molar-refractivity contribution in [1.82, 2.24) is 10.6 Å². The van der Waals surface area contributed by atoms with E-state index >= 15 is 0 Å². The van der Waals surface area contributed by atoms with Gasteiger partial charge in [-0.25, -0.2) is 4.79 Å². The summed E-state index contributed by atoms with van der Waals surface area (Å²) in [5.41, 5.74) is -0.285. The van der Waals surface area contributed by atoms with E-state index in [9.17, 15) is 9.59 Å². The first-order valence-electron chi connectivity index (χ1n) is 6.69. The molecule has 1 aromatic rings. The zero-order valence-corrected chi connectivity index (χ0v) is 11.2. The third-order valence-electron chi connectivity index (χ3n) is 3.71. The second-order valence-electron chi connectivity index (χ2n) is 4.99. The van der Waals surface area contributed by atoms with Gasteiger partial charge < -0.3 is 14.8 Å². The number of fused-ring (bicyclic) bond motifs is 1. The van der Waals surface area contributed by atoms with Gasteiger partial charge in [-0.2, -0.15) is 0 Å². The Bertz CT molecular complexity index is 572. The van der Waals surface area contributed by atoms with Crippen LogP contribution in [-0.4, -0.2) is 18.7 Å². The largest absolute Gasteiger partial charge is 0.454 e. The number of carbonyl (C=O) groups excluding carboxylic acids is 2. The van der Waals surface area contributed by atoms with E-state index in [1.165, 1.54) is 0 Å². The highest BCUT2D eigenvalue weighted by Crippen LogP contribution is 2.38. The molecule has 1 aromatic carbocycles. The number of urea groups is 1. The monoisotopic (exact) mass is 276 g/mol. The summed E-state index contributed by atoms with van der Waals surface area (Å²) in [7, 11) is 0. The van der Waals surface area contributed by atoms with Crippen LogP contribution in [0.4, 0.5) is 4.79 Å². The van der Waals surface area contributed by atoms with Gasteiger partial charge in [0.15, 0.2) is 11.5 Å². The van der Waals surface area contributed by atoms with Crippen LogP contribution in [0.3, 0.4) is 0 Å². The first-order valence-corrected chi connectivity index (χ1v) is 6.69. The number of amides is 3. The first-order chi connectivity index (χ1) is 9.65. The van der Waals surface area contributed by atoms with Crippen LogP contribution in [0.5, 0.6) is 11.5 Å². The van der Waals surface area contributed by atoms with Gasteiger partial charge in [-0.1, -0.05) is 25.8 Å². The maximum Gasteiger partial charge on any atom is 0.322 e. The lowest BCUT2D eigenvalue weighted by Gasteiger charge is -2.26. The van der Waals surface area contributed by atoms with Crippen molar-refractivity contribution >= 4 is 11.9 Å². The van der Waals surface area contributed by atoms with Crippen molar-refractivity contribution in [3.8, 4) is 11.5 Å². The summed E-state index contributed by atoms with van der Waals surface area (Å²) in [4.78, 5) is 23.8. The standard InChI is InChI=1S/C14H16N2O4/c1-2-3-6-14(12(17)15-13(18)16-14)9-4-5-10-11(7-9)20-8-19-10/h4-5,7H,2-3,6,8H2,1H3,(H2,15,16,17,18). The normalized spacial score (nSPS) is 23.6. The quantitative estimate of drug-likeness (QED) is 0.820. The fourth-order valence-corrected chi connectivity index (χ4v) is 2.62. The number of ether oxygens (including phenoxy) is 2. The van der Waals surface area contributed by atoms with Gasteiger partial charge in [-0.3, -0.25) is 10.1 Å². The molecule has 0 bridgehead atoms. The van der Waals surface area contributed by atoms with Gasteiger partial charge in [0.05, 0.1) is 0 Å². The van der Waals surface area contributed by atoms with E-state index in [4.69, 9.17) is 9.47 Å². The Balaban J connectivity index is 2.01. The predicted octanol–water partition coefficient (Wildman–Crippen LogP) is 1.64. The molecule has 6 heteroatoms. The fraction of sp³-hybridized carbons (Fsp3) is 0.429. The predicted molar refractivity (Wildman–Crippen MR) is 70.4 cm³/mol. The van der Waals surface area contributed by atoms with Crippen LogP contribution in [0.2, 0.25) is 0 Å². The third-order valence-corrected chi connectivity index (χ3v) is 3.71. The molecular formula is C14H16N2O4. The van der Waals surface area contributed by atoms with E-state index in [1.807, 2.05) is 6.92 Å². The van der Waals surface area contributed by atoms with Gasteiger partial charge >= 0.3 is 6.03 Å². The minimum Gasteiger partial charge on any atom is -0.454 e. The molecule has 1 unspecified atom stereocenters. The third kappa shape index (κ3) is 1.88. The number of unbranched alkanes of at least 4 members (excludes halogenated alkanes) is 1. The lowest BCUT2D eigenvalue weighted by molar-refractivity contribution is -0.124. The van der Waals surface area contributed by atoms with Crippen molar-refractivity contribution in [2.24, 2.45) is 0 Å². The summed E-state index contributed by atoms with van der Waals surface area (Å²) in [6.07, 6.45) is 2.33. The number of carbonyl (C=O) groups is 2. The van der Waals surface area contributed by atoms with Crippen LogP contribution in [0.15, 0.2) is 18.2 Å². The highest BCUT2D eigenvalue weighted by molar-refractivity contribution is 6.07. The first kappa shape index (κ1) is 12.8. The van der Waals surface area contributed by atoms with Gasteiger partial charge in [0.2, 0.25) is 6.79 Å². The van der Waals surface area contributed by atoms with Crippen molar-refractivity contribution in [3.05, 3.63) is 23.8 Å². The molecule has 0 aliphatic carbocycles. The van der Waals surface area contributed by atoms with E-state index < -0.39 is 11.6 Å². The molecule has 0 aromatic heterocycles. The molecule has 6 nitrogen and oxygen atoms in total. The lowest BCUT2D eigenvalue weighted by atomic mass is 9.85. The Labute approximate surface area is 116 Å². The van der Waals surface area contributed by atoms with Crippen molar-refractivity contribution < 1.29 is 19.1 Å². The highest BCUT2D eigenvalue weighted by Gasteiger charge is 2.47. The Morgan fingerprint density at radius 3 is 2.75 bits per heavy atom. The topological polar surface area (TPSA) is 76.7 Å². The van der Waals surface area contributed by atoms with E-state index in [0.29, 0.717) is 17.9 Å². The molecule has 1 saturated heterocycles. The average Bonchev–Trinajstić information content (AvgIpc) is 3.00. The molecule has 2 aliphatic heterocycles. The summed E-state index contributed by atoms with van der Waals surface area (Å²) >= 11 is 0. The van der Waals surface area contributed by atoms with Crippen LogP contribution in [0.25, 0.3) is 0 Å². The zero-order valence-electron chi connectivity index (χ0n) is 11.2. The number of benzene rings is 1. The average molecular weight is 276 g/mol. The van der Waals surface area contributed by atoms with Crippen LogP contribution in [0, 0.1) is 0 Å². The molecule has 106 valence electrons. The van der Waals surface area contributed by atoms with Crippen molar-refractivity contribution in [1.29, 1.82) is 0 Å². The number of nitrogens with one attached hydrogen (secondary N) is 2. The van der Waals surface area contributed by atoms with Crippen LogP contribution in [0.1, 0.15) is 31.7 Å². The molecule has 1 fully saturated rings. The Morgan fingerprint density at radius 2 is 2.05 bits per heavy atom. The minimum atomic E-state index is -1.01. The molecular weight excluding hydrogens is 260 g/mol. The molecule has 0 saturated carbocycles. The van der Waals surface area contributed by atoms with Crippen LogP contribution >= 0.6 is 0 Å². The molecule has 2 heterocycles. The van der Waals surface area contributed by atoms with E-state index in [0.717, 1.165) is 18.4 Å². The summed E-state index contributed by atoms with van der Waals surface area (Å²) in [5.74, 6) is 0.950. The smallest absolute Gasteiger partial charge is 0.322 e. The summed E-state index contributed by atoms with van der Waals surface area (Å²) in [6.45, 7) is 2.22. The van der Waals surface area contributed by atoms with Gasteiger partial charge in [0.1, 0.15) is 5.54 Å². The van der Waals surface area contributed by atoms with Gasteiger partial charge in [-0.05, 0) is 24.1 Å². The zero-order chi connectivity index (χ0) is 14.2. The van der Waals surface area contributed by atoms with E-state index in [-0.39, 0.29) is 12.7 Å².